The Kier molecular flexibility index (Phi) is 2.46. The van der Waals surface area contributed by atoms with E-state index in [0.717, 1.165) is 23.1 Å². The topological polar surface area (TPSA) is 43.1 Å². The zero-order valence-corrected chi connectivity index (χ0v) is 10.5. The Bertz CT molecular complexity index is 534. The van der Waals surface area contributed by atoms with Gasteiger partial charge in [-0.1, -0.05) is 47.5 Å². The van der Waals surface area contributed by atoms with E-state index in [0.29, 0.717) is 16.3 Å². The standard InChI is InChI=1S/C13H11Cl2NO/c14-12(15)11-9-5-8(13(16)17)6-3-1-2-4-7(6)10(9)11/h1-4,8-10H,5H2,(H2,16,17). The monoisotopic (exact) mass is 267 g/mol. The van der Waals surface area contributed by atoms with Gasteiger partial charge in [0.25, 0.3) is 0 Å². The van der Waals surface area contributed by atoms with Crippen molar-refractivity contribution in [2.24, 2.45) is 11.7 Å². The first kappa shape index (κ1) is 11.1. The third-order valence-corrected chi connectivity index (χ3v) is 4.22. The fourth-order valence-corrected chi connectivity index (χ4v) is 3.50. The van der Waals surface area contributed by atoms with Crippen LogP contribution < -0.4 is 5.73 Å². The number of nitrogens with two attached hydrogens (primary N) is 1. The third-order valence-electron chi connectivity index (χ3n) is 3.79. The molecule has 2 aliphatic carbocycles. The molecule has 0 saturated heterocycles. The van der Waals surface area contributed by atoms with Crippen molar-refractivity contribution in [3.63, 3.8) is 0 Å². The highest BCUT2D eigenvalue weighted by Gasteiger charge is 2.53. The molecule has 3 rings (SSSR count). The van der Waals surface area contributed by atoms with Gasteiger partial charge in [-0.25, -0.2) is 0 Å². The van der Waals surface area contributed by atoms with Crippen LogP contribution in [0, 0.1) is 5.92 Å². The zero-order valence-electron chi connectivity index (χ0n) is 8.99. The second-order valence-electron chi connectivity index (χ2n) is 4.62. The van der Waals surface area contributed by atoms with Gasteiger partial charge in [-0.15, -0.1) is 0 Å². The van der Waals surface area contributed by atoms with Crippen molar-refractivity contribution >= 4 is 29.1 Å². The number of carbonyl (C=O) groups is 1. The van der Waals surface area contributed by atoms with E-state index in [9.17, 15) is 4.79 Å². The summed E-state index contributed by atoms with van der Waals surface area (Å²) in [5, 5.41) is 0. The molecule has 2 aliphatic rings. The molecule has 0 aliphatic heterocycles. The lowest BCUT2D eigenvalue weighted by atomic mass is 9.82. The predicted molar refractivity (Wildman–Crippen MR) is 68.0 cm³/mol. The molecule has 4 heteroatoms. The predicted octanol–water partition coefficient (Wildman–Crippen LogP) is 3.06. The van der Waals surface area contributed by atoms with E-state index in [1.165, 1.54) is 0 Å². The molecule has 0 heterocycles. The maximum Gasteiger partial charge on any atom is 0.224 e. The molecule has 1 aromatic carbocycles. The Morgan fingerprint density at radius 3 is 2.47 bits per heavy atom. The Morgan fingerprint density at radius 2 is 1.88 bits per heavy atom. The molecule has 2 nitrogen and oxygen atoms in total. The van der Waals surface area contributed by atoms with Crippen molar-refractivity contribution in [2.45, 2.75) is 18.3 Å². The van der Waals surface area contributed by atoms with Crippen molar-refractivity contribution in [2.75, 3.05) is 0 Å². The van der Waals surface area contributed by atoms with E-state index in [4.69, 9.17) is 28.9 Å². The molecule has 0 spiro atoms. The Hall–Kier alpha value is -0.990. The molecule has 0 bridgehead atoms. The van der Waals surface area contributed by atoms with Crippen LogP contribution in [0.3, 0.4) is 0 Å². The van der Waals surface area contributed by atoms with Crippen LogP contribution in [0.1, 0.15) is 29.4 Å². The lowest BCUT2D eigenvalue weighted by Crippen LogP contribution is -2.24. The minimum absolute atomic E-state index is 0.211. The number of hydrogen-bond donors (Lipinski definition) is 1. The molecule has 3 atom stereocenters. The maximum absolute atomic E-state index is 11.5. The van der Waals surface area contributed by atoms with Crippen LogP contribution in [0.2, 0.25) is 0 Å². The lowest BCUT2D eigenvalue weighted by molar-refractivity contribution is -0.119. The molecule has 0 aromatic heterocycles. The van der Waals surface area contributed by atoms with Gasteiger partial charge in [0.1, 0.15) is 4.49 Å². The van der Waals surface area contributed by atoms with Gasteiger partial charge in [0.2, 0.25) is 5.91 Å². The van der Waals surface area contributed by atoms with Gasteiger partial charge in [0.05, 0.1) is 5.92 Å². The van der Waals surface area contributed by atoms with Crippen LogP contribution in [0.5, 0.6) is 0 Å². The van der Waals surface area contributed by atoms with Gasteiger partial charge in [-0.2, -0.15) is 0 Å². The Morgan fingerprint density at radius 1 is 1.24 bits per heavy atom. The highest BCUT2D eigenvalue weighted by Crippen LogP contribution is 2.64. The fraction of sp³-hybridized carbons (Fsp3) is 0.308. The van der Waals surface area contributed by atoms with Crippen LogP contribution >= 0.6 is 23.2 Å². The first-order valence-electron chi connectivity index (χ1n) is 5.54. The molecule has 1 aromatic rings. The number of halogens is 2. The van der Waals surface area contributed by atoms with Gasteiger partial charge in [-0.3, -0.25) is 4.79 Å². The summed E-state index contributed by atoms with van der Waals surface area (Å²) in [5.41, 5.74) is 8.71. The van der Waals surface area contributed by atoms with Crippen LogP contribution in [0.4, 0.5) is 0 Å². The summed E-state index contributed by atoms with van der Waals surface area (Å²) in [5.74, 6) is 0.115. The number of rotatable bonds is 1. The summed E-state index contributed by atoms with van der Waals surface area (Å²) < 4.78 is 0.347. The molecule has 88 valence electrons. The number of amides is 1. The summed E-state index contributed by atoms with van der Waals surface area (Å²) in [7, 11) is 0. The van der Waals surface area contributed by atoms with Gasteiger partial charge < -0.3 is 5.73 Å². The van der Waals surface area contributed by atoms with E-state index in [2.05, 4.69) is 0 Å². The highest BCUT2D eigenvalue weighted by atomic mass is 35.5. The highest BCUT2D eigenvalue weighted by molar-refractivity contribution is 6.56. The average Bonchev–Trinajstić information content (AvgIpc) is 3.02. The largest absolute Gasteiger partial charge is 0.369 e. The first-order chi connectivity index (χ1) is 8.11. The van der Waals surface area contributed by atoms with Crippen molar-refractivity contribution in [3.05, 3.63) is 45.5 Å². The smallest absolute Gasteiger partial charge is 0.224 e. The molecule has 1 saturated carbocycles. The molecule has 17 heavy (non-hydrogen) atoms. The van der Waals surface area contributed by atoms with Gasteiger partial charge >= 0.3 is 0 Å². The van der Waals surface area contributed by atoms with Gasteiger partial charge in [0, 0.05) is 5.92 Å². The molecular formula is C13H11Cl2NO. The number of hydrogen-bond acceptors (Lipinski definition) is 1. The molecule has 0 radical (unpaired) electrons. The number of benzene rings is 1. The Labute approximate surface area is 109 Å². The molecular weight excluding hydrogens is 257 g/mol. The van der Waals surface area contributed by atoms with E-state index in [-0.39, 0.29) is 11.8 Å². The number of carbonyl (C=O) groups excluding carboxylic acids is 1. The van der Waals surface area contributed by atoms with Gasteiger partial charge in [-0.05, 0) is 29.0 Å². The summed E-state index contributed by atoms with van der Waals surface area (Å²) in [6.45, 7) is 0. The zero-order chi connectivity index (χ0) is 12.2. The van der Waals surface area contributed by atoms with E-state index in [1.54, 1.807) is 0 Å². The van der Waals surface area contributed by atoms with Crippen molar-refractivity contribution in [1.29, 1.82) is 0 Å². The van der Waals surface area contributed by atoms with Crippen molar-refractivity contribution in [1.82, 2.24) is 0 Å². The molecule has 3 unspecified atom stereocenters. The third kappa shape index (κ3) is 1.59. The molecule has 2 N–H and O–H groups in total. The van der Waals surface area contributed by atoms with Crippen LogP contribution in [-0.4, -0.2) is 5.91 Å². The van der Waals surface area contributed by atoms with Crippen LogP contribution in [0.25, 0.3) is 0 Å². The minimum atomic E-state index is -0.271. The summed E-state index contributed by atoms with van der Waals surface area (Å²) in [6.07, 6.45) is 0.731. The lowest BCUT2D eigenvalue weighted by Gasteiger charge is -2.21. The maximum atomic E-state index is 11.5. The van der Waals surface area contributed by atoms with Crippen LogP contribution in [-0.2, 0) is 4.79 Å². The number of allylic oxidation sites excluding steroid dienone is 1. The quantitative estimate of drug-likeness (QED) is 0.835. The normalized spacial score (nSPS) is 29.3. The summed E-state index contributed by atoms with van der Waals surface area (Å²) >= 11 is 11.7. The Balaban J connectivity index is 2.12. The van der Waals surface area contributed by atoms with Gasteiger partial charge in [0.15, 0.2) is 0 Å². The average molecular weight is 268 g/mol. The second-order valence-corrected chi connectivity index (χ2v) is 5.57. The van der Waals surface area contributed by atoms with Crippen LogP contribution in [0.15, 0.2) is 34.3 Å². The van der Waals surface area contributed by atoms with E-state index in [1.807, 2.05) is 24.3 Å². The SMILES string of the molecule is NC(=O)C1CC2C(=C(Cl)Cl)C2c2ccccc21. The van der Waals surface area contributed by atoms with E-state index >= 15 is 0 Å². The number of primary amides is 1. The molecule has 1 fully saturated rings. The number of fused-ring (bicyclic) bond motifs is 3. The first-order valence-corrected chi connectivity index (χ1v) is 6.30. The van der Waals surface area contributed by atoms with Crippen molar-refractivity contribution < 1.29 is 4.79 Å². The minimum Gasteiger partial charge on any atom is -0.369 e. The van der Waals surface area contributed by atoms with E-state index < -0.39 is 0 Å². The fourth-order valence-electron chi connectivity index (χ4n) is 2.98. The molecule has 1 amide bonds. The summed E-state index contributed by atoms with van der Waals surface area (Å²) in [4.78, 5) is 11.5. The van der Waals surface area contributed by atoms with Crippen molar-refractivity contribution in [3.8, 4) is 0 Å². The second kappa shape index (κ2) is 3.76. The summed E-state index contributed by atoms with van der Waals surface area (Å²) in [6, 6.07) is 7.91.